The molecule has 1 unspecified atom stereocenters. The van der Waals surface area contributed by atoms with E-state index in [1.807, 2.05) is 35.7 Å². The SMILES string of the molecule is CCNC(CSc1nnc2ccccn12)(C(N)=O)C1CC1. The number of thioether (sulfide) groups is 1. The fourth-order valence-electron chi connectivity index (χ4n) is 2.66. The molecular formula is C14H19N5OS. The Kier molecular flexibility index (Phi) is 3.86. The number of likely N-dealkylation sites (N-methyl/N-ethyl adjacent to an activating group) is 1. The molecule has 1 saturated carbocycles. The van der Waals surface area contributed by atoms with Crippen LogP contribution in [0.25, 0.3) is 5.65 Å². The molecule has 0 radical (unpaired) electrons. The molecule has 0 saturated heterocycles. The number of hydrogen-bond acceptors (Lipinski definition) is 5. The molecular weight excluding hydrogens is 286 g/mol. The molecule has 0 aromatic carbocycles. The highest BCUT2D eigenvalue weighted by molar-refractivity contribution is 7.99. The van der Waals surface area contributed by atoms with Crippen LogP contribution in [0.1, 0.15) is 19.8 Å². The Bertz CT molecular complexity index is 654. The van der Waals surface area contributed by atoms with Crippen LogP contribution in [0, 0.1) is 5.92 Å². The third-order valence-electron chi connectivity index (χ3n) is 3.92. The molecule has 1 amide bonds. The number of aromatic nitrogens is 3. The number of fused-ring (bicyclic) bond motifs is 1. The van der Waals surface area contributed by atoms with Gasteiger partial charge < -0.3 is 11.1 Å². The van der Waals surface area contributed by atoms with Gasteiger partial charge in [0.05, 0.1) is 0 Å². The normalized spacial score (nSPS) is 17.8. The Morgan fingerprint density at radius 3 is 3.00 bits per heavy atom. The summed E-state index contributed by atoms with van der Waals surface area (Å²) in [5.41, 5.74) is 5.86. The first-order valence-electron chi connectivity index (χ1n) is 7.15. The second kappa shape index (κ2) is 5.65. The summed E-state index contributed by atoms with van der Waals surface area (Å²) in [5, 5.41) is 12.4. The zero-order valence-corrected chi connectivity index (χ0v) is 12.8. The van der Waals surface area contributed by atoms with Crippen LogP contribution in [0.2, 0.25) is 0 Å². The topological polar surface area (TPSA) is 85.3 Å². The number of pyridine rings is 1. The first-order chi connectivity index (χ1) is 10.2. The van der Waals surface area contributed by atoms with Gasteiger partial charge in [-0.1, -0.05) is 24.8 Å². The largest absolute Gasteiger partial charge is 0.368 e. The zero-order valence-electron chi connectivity index (χ0n) is 12.0. The molecule has 3 rings (SSSR count). The van der Waals surface area contributed by atoms with Crippen molar-refractivity contribution < 1.29 is 4.79 Å². The Morgan fingerprint density at radius 2 is 2.33 bits per heavy atom. The highest BCUT2D eigenvalue weighted by Crippen LogP contribution is 2.42. The lowest BCUT2D eigenvalue weighted by atomic mass is 9.94. The molecule has 3 N–H and O–H groups in total. The molecule has 112 valence electrons. The number of carbonyl (C=O) groups excluding carboxylic acids is 1. The van der Waals surface area contributed by atoms with Crippen molar-refractivity contribution in [3.63, 3.8) is 0 Å². The highest BCUT2D eigenvalue weighted by Gasteiger charge is 2.49. The molecule has 2 heterocycles. The molecule has 1 atom stereocenters. The quantitative estimate of drug-likeness (QED) is 0.747. The summed E-state index contributed by atoms with van der Waals surface area (Å²) in [6.45, 7) is 2.72. The summed E-state index contributed by atoms with van der Waals surface area (Å²) in [6, 6.07) is 5.77. The lowest BCUT2D eigenvalue weighted by Crippen LogP contribution is -2.59. The van der Waals surface area contributed by atoms with E-state index < -0.39 is 5.54 Å². The molecule has 0 spiro atoms. The predicted molar refractivity (Wildman–Crippen MR) is 82.0 cm³/mol. The van der Waals surface area contributed by atoms with Gasteiger partial charge in [0.1, 0.15) is 5.54 Å². The van der Waals surface area contributed by atoms with Crippen molar-refractivity contribution in [3.8, 4) is 0 Å². The third-order valence-corrected chi connectivity index (χ3v) is 5.05. The van der Waals surface area contributed by atoms with E-state index in [9.17, 15) is 4.79 Å². The van der Waals surface area contributed by atoms with Crippen LogP contribution >= 0.6 is 11.8 Å². The van der Waals surface area contributed by atoms with Gasteiger partial charge in [0.25, 0.3) is 0 Å². The fourth-order valence-corrected chi connectivity index (χ4v) is 3.89. The number of amides is 1. The van der Waals surface area contributed by atoms with Gasteiger partial charge in [-0.15, -0.1) is 10.2 Å². The lowest BCUT2D eigenvalue weighted by molar-refractivity contribution is -0.124. The first-order valence-corrected chi connectivity index (χ1v) is 8.13. The van der Waals surface area contributed by atoms with E-state index in [0.29, 0.717) is 11.7 Å². The second-order valence-corrected chi connectivity index (χ2v) is 6.28. The van der Waals surface area contributed by atoms with Gasteiger partial charge in [-0.2, -0.15) is 0 Å². The van der Waals surface area contributed by atoms with Gasteiger partial charge in [0, 0.05) is 11.9 Å². The Morgan fingerprint density at radius 1 is 1.52 bits per heavy atom. The molecule has 1 fully saturated rings. The van der Waals surface area contributed by atoms with Crippen LogP contribution in [0.3, 0.4) is 0 Å². The maximum absolute atomic E-state index is 12.0. The Labute approximate surface area is 127 Å². The van der Waals surface area contributed by atoms with Gasteiger partial charge in [0.15, 0.2) is 10.8 Å². The van der Waals surface area contributed by atoms with Crippen molar-refractivity contribution in [2.24, 2.45) is 11.7 Å². The number of primary amides is 1. The summed E-state index contributed by atoms with van der Waals surface area (Å²) >= 11 is 1.53. The minimum atomic E-state index is -0.639. The van der Waals surface area contributed by atoms with Crippen molar-refractivity contribution in [2.75, 3.05) is 12.3 Å². The van der Waals surface area contributed by atoms with Gasteiger partial charge >= 0.3 is 0 Å². The van der Waals surface area contributed by atoms with E-state index in [1.165, 1.54) is 11.8 Å². The Hall–Kier alpha value is -1.60. The molecule has 2 aromatic heterocycles. The standard InChI is InChI=1S/C14H19N5OS/c1-2-16-14(12(15)20,10-6-7-10)9-21-13-18-17-11-5-3-4-8-19(11)13/h3-5,8,10,16H,2,6-7,9H2,1H3,(H2,15,20). The molecule has 7 heteroatoms. The second-order valence-electron chi connectivity index (χ2n) is 5.34. The summed E-state index contributed by atoms with van der Waals surface area (Å²) in [6.07, 6.45) is 4.03. The molecule has 21 heavy (non-hydrogen) atoms. The summed E-state index contributed by atoms with van der Waals surface area (Å²) < 4.78 is 1.93. The molecule has 1 aliphatic carbocycles. The van der Waals surface area contributed by atoms with E-state index in [-0.39, 0.29) is 5.91 Å². The number of nitrogens with one attached hydrogen (secondary N) is 1. The van der Waals surface area contributed by atoms with Crippen LogP contribution in [0.5, 0.6) is 0 Å². The van der Waals surface area contributed by atoms with Crippen LogP contribution < -0.4 is 11.1 Å². The molecule has 2 aromatic rings. The van der Waals surface area contributed by atoms with Crippen molar-refractivity contribution in [1.29, 1.82) is 0 Å². The average molecular weight is 305 g/mol. The minimum Gasteiger partial charge on any atom is -0.368 e. The number of rotatable bonds is 7. The maximum atomic E-state index is 12.0. The van der Waals surface area contributed by atoms with Crippen LogP contribution in [0.15, 0.2) is 29.6 Å². The van der Waals surface area contributed by atoms with Crippen molar-refractivity contribution >= 4 is 23.3 Å². The van der Waals surface area contributed by atoms with E-state index in [4.69, 9.17) is 5.73 Å². The number of carbonyl (C=O) groups is 1. The molecule has 0 bridgehead atoms. The van der Waals surface area contributed by atoms with Crippen LogP contribution in [0.4, 0.5) is 0 Å². The third kappa shape index (κ3) is 2.63. The number of nitrogens with two attached hydrogens (primary N) is 1. The number of hydrogen-bond donors (Lipinski definition) is 2. The Balaban J connectivity index is 1.82. The van der Waals surface area contributed by atoms with Gasteiger partial charge in [-0.3, -0.25) is 9.20 Å². The average Bonchev–Trinajstić information content (AvgIpc) is 3.25. The fraction of sp³-hybridized carbons (Fsp3) is 0.500. The zero-order chi connectivity index (χ0) is 14.9. The first kappa shape index (κ1) is 14.3. The van der Waals surface area contributed by atoms with Crippen molar-refractivity contribution in [2.45, 2.75) is 30.5 Å². The van der Waals surface area contributed by atoms with Crippen molar-refractivity contribution in [1.82, 2.24) is 19.9 Å². The lowest BCUT2D eigenvalue weighted by Gasteiger charge is -2.31. The van der Waals surface area contributed by atoms with E-state index in [1.54, 1.807) is 0 Å². The monoisotopic (exact) mass is 305 g/mol. The van der Waals surface area contributed by atoms with E-state index >= 15 is 0 Å². The summed E-state index contributed by atoms with van der Waals surface area (Å²) in [4.78, 5) is 12.0. The predicted octanol–water partition coefficient (Wildman–Crippen LogP) is 1.06. The van der Waals surface area contributed by atoms with E-state index in [0.717, 1.165) is 30.2 Å². The van der Waals surface area contributed by atoms with Gasteiger partial charge in [0.2, 0.25) is 5.91 Å². The minimum absolute atomic E-state index is 0.270. The molecule has 1 aliphatic rings. The summed E-state index contributed by atoms with van der Waals surface area (Å²) in [7, 11) is 0. The van der Waals surface area contributed by atoms with Gasteiger partial charge in [-0.05, 0) is 37.4 Å². The number of nitrogens with zero attached hydrogens (tertiary/aromatic N) is 3. The van der Waals surface area contributed by atoms with Crippen molar-refractivity contribution in [3.05, 3.63) is 24.4 Å². The van der Waals surface area contributed by atoms with Crippen LogP contribution in [-0.4, -0.2) is 38.3 Å². The molecule has 0 aliphatic heterocycles. The van der Waals surface area contributed by atoms with Crippen LogP contribution in [-0.2, 0) is 4.79 Å². The molecule has 6 nitrogen and oxygen atoms in total. The highest BCUT2D eigenvalue weighted by atomic mass is 32.2. The summed E-state index contributed by atoms with van der Waals surface area (Å²) in [5.74, 6) is 0.645. The van der Waals surface area contributed by atoms with Gasteiger partial charge in [-0.25, -0.2) is 0 Å². The van der Waals surface area contributed by atoms with E-state index in [2.05, 4.69) is 15.5 Å². The maximum Gasteiger partial charge on any atom is 0.238 e. The smallest absolute Gasteiger partial charge is 0.238 e.